The Balaban J connectivity index is 1.81. The molecule has 0 radical (unpaired) electrons. The number of alkyl halides is 6. The first kappa shape index (κ1) is 21.6. The van der Waals surface area contributed by atoms with E-state index in [9.17, 15) is 35.9 Å². The SMILES string of the molecule is CN1C[C@H](c2ccc(C(F)(F)F)cc2)[C@@H](C(=O)Nc2ccc(C(F)(F)F)cn2)C1=O. The molecule has 0 unspecified atom stereocenters. The molecule has 0 aliphatic carbocycles. The van der Waals surface area contributed by atoms with Crippen LogP contribution in [0.15, 0.2) is 42.6 Å². The number of nitrogens with zero attached hydrogens (tertiary/aromatic N) is 2. The summed E-state index contributed by atoms with van der Waals surface area (Å²) in [7, 11) is 1.45. The van der Waals surface area contributed by atoms with E-state index in [1.807, 2.05) is 0 Å². The van der Waals surface area contributed by atoms with Gasteiger partial charge < -0.3 is 10.2 Å². The van der Waals surface area contributed by atoms with E-state index in [2.05, 4.69) is 10.3 Å². The third-order valence-corrected chi connectivity index (χ3v) is 4.81. The highest BCUT2D eigenvalue weighted by molar-refractivity contribution is 6.08. The molecule has 1 aromatic carbocycles. The molecule has 1 aromatic heterocycles. The quantitative estimate of drug-likeness (QED) is 0.592. The Morgan fingerprint density at radius 2 is 1.57 bits per heavy atom. The van der Waals surface area contributed by atoms with Crippen molar-refractivity contribution in [3.63, 3.8) is 0 Å². The van der Waals surface area contributed by atoms with Gasteiger partial charge in [-0.1, -0.05) is 12.1 Å². The molecule has 2 amide bonds. The number of carbonyl (C=O) groups excluding carboxylic acids is 2. The minimum atomic E-state index is -4.59. The zero-order valence-electron chi connectivity index (χ0n) is 15.4. The molecule has 5 nitrogen and oxygen atoms in total. The van der Waals surface area contributed by atoms with Crippen molar-refractivity contribution in [3.8, 4) is 0 Å². The average molecular weight is 431 g/mol. The molecule has 30 heavy (non-hydrogen) atoms. The van der Waals surface area contributed by atoms with Crippen LogP contribution in [0.25, 0.3) is 0 Å². The van der Waals surface area contributed by atoms with Gasteiger partial charge in [0.15, 0.2) is 0 Å². The number of hydrogen-bond donors (Lipinski definition) is 1. The lowest BCUT2D eigenvalue weighted by Crippen LogP contribution is -2.33. The normalized spacial score (nSPS) is 19.8. The number of benzene rings is 1. The molecule has 160 valence electrons. The topological polar surface area (TPSA) is 62.3 Å². The lowest BCUT2D eigenvalue weighted by Gasteiger charge is -2.17. The smallest absolute Gasteiger partial charge is 0.344 e. The van der Waals surface area contributed by atoms with Gasteiger partial charge in [-0.05, 0) is 29.8 Å². The van der Waals surface area contributed by atoms with Gasteiger partial charge in [0.05, 0.1) is 11.1 Å². The van der Waals surface area contributed by atoms with Crippen molar-refractivity contribution in [2.24, 2.45) is 5.92 Å². The molecule has 1 saturated heterocycles. The maximum Gasteiger partial charge on any atom is 0.417 e. The van der Waals surface area contributed by atoms with Gasteiger partial charge in [0.25, 0.3) is 0 Å². The third-order valence-electron chi connectivity index (χ3n) is 4.81. The lowest BCUT2D eigenvalue weighted by atomic mass is 9.87. The summed E-state index contributed by atoms with van der Waals surface area (Å²) in [6.45, 7) is 0.0999. The van der Waals surface area contributed by atoms with Crippen LogP contribution >= 0.6 is 0 Å². The zero-order valence-corrected chi connectivity index (χ0v) is 15.4. The monoisotopic (exact) mass is 431 g/mol. The summed E-state index contributed by atoms with van der Waals surface area (Å²) in [5, 5.41) is 2.30. The molecule has 1 aliphatic rings. The molecule has 11 heteroatoms. The lowest BCUT2D eigenvalue weighted by molar-refractivity contribution is -0.138. The fourth-order valence-corrected chi connectivity index (χ4v) is 3.25. The Labute approximate surface area is 166 Å². The highest BCUT2D eigenvalue weighted by Crippen LogP contribution is 2.36. The van der Waals surface area contributed by atoms with E-state index in [0.29, 0.717) is 11.8 Å². The summed E-state index contributed by atoms with van der Waals surface area (Å²) >= 11 is 0. The summed E-state index contributed by atoms with van der Waals surface area (Å²) < 4.78 is 76.1. The Morgan fingerprint density at radius 1 is 1.00 bits per heavy atom. The molecule has 1 N–H and O–H groups in total. The van der Waals surface area contributed by atoms with E-state index < -0.39 is 47.1 Å². The van der Waals surface area contributed by atoms with Crippen molar-refractivity contribution < 1.29 is 35.9 Å². The van der Waals surface area contributed by atoms with Gasteiger partial charge in [-0.25, -0.2) is 4.98 Å². The predicted molar refractivity (Wildman–Crippen MR) is 93.2 cm³/mol. The van der Waals surface area contributed by atoms with E-state index >= 15 is 0 Å². The molecule has 3 rings (SSSR count). The van der Waals surface area contributed by atoms with Crippen molar-refractivity contribution in [1.82, 2.24) is 9.88 Å². The number of likely N-dealkylation sites (tertiary alicyclic amines) is 1. The van der Waals surface area contributed by atoms with Crippen molar-refractivity contribution >= 4 is 17.6 Å². The van der Waals surface area contributed by atoms with E-state index in [1.165, 1.54) is 24.1 Å². The second-order valence-corrected chi connectivity index (χ2v) is 6.84. The van der Waals surface area contributed by atoms with Gasteiger partial charge in [0, 0.05) is 25.7 Å². The van der Waals surface area contributed by atoms with Crippen molar-refractivity contribution in [1.29, 1.82) is 0 Å². The Morgan fingerprint density at radius 3 is 2.07 bits per heavy atom. The van der Waals surface area contributed by atoms with Crippen LogP contribution < -0.4 is 5.32 Å². The van der Waals surface area contributed by atoms with Crippen LogP contribution in [0.5, 0.6) is 0 Å². The Hall–Kier alpha value is -3.11. The fourth-order valence-electron chi connectivity index (χ4n) is 3.25. The van der Waals surface area contributed by atoms with Crippen LogP contribution in [-0.4, -0.2) is 35.3 Å². The number of pyridine rings is 1. The second kappa shape index (κ2) is 7.62. The summed E-state index contributed by atoms with van der Waals surface area (Å²) in [4.78, 5) is 29.9. The highest BCUT2D eigenvalue weighted by Gasteiger charge is 2.44. The maximum atomic E-state index is 12.8. The number of aromatic nitrogens is 1. The Bertz CT molecular complexity index is 939. The fraction of sp³-hybridized carbons (Fsp3) is 0.316. The number of nitrogens with one attached hydrogen (secondary N) is 1. The first-order valence-corrected chi connectivity index (χ1v) is 8.64. The predicted octanol–water partition coefficient (Wildman–Crippen LogP) is 3.93. The van der Waals surface area contributed by atoms with Gasteiger partial charge in [0.1, 0.15) is 11.7 Å². The maximum absolute atomic E-state index is 12.8. The van der Waals surface area contributed by atoms with Gasteiger partial charge in [-0.15, -0.1) is 0 Å². The van der Waals surface area contributed by atoms with Gasteiger partial charge >= 0.3 is 12.4 Å². The van der Waals surface area contributed by atoms with Crippen molar-refractivity contribution in [2.75, 3.05) is 18.9 Å². The minimum absolute atomic E-state index is 0.0999. The third kappa shape index (κ3) is 4.39. The number of halogens is 6. The van der Waals surface area contributed by atoms with Gasteiger partial charge in [-0.2, -0.15) is 26.3 Å². The van der Waals surface area contributed by atoms with Crippen LogP contribution in [0, 0.1) is 5.92 Å². The molecule has 1 fully saturated rings. The second-order valence-electron chi connectivity index (χ2n) is 6.84. The highest BCUT2D eigenvalue weighted by atomic mass is 19.4. The number of hydrogen-bond acceptors (Lipinski definition) is 3. The molecule has 2 atom stereocenters. The van der Waals surface area contributed by atoms with Gasteiger partial charge in [-0.3, -0.25) is 9.59 Å². The Kier molecular flexibility index (Phi) is 5.48. The first-order chi connectivity index (χ1) is 13.9. The molecule has 0 spiro atoms. The molecular formula is C19H15F6N3O2. The van der Waals surface area contributed by atoms with E-state index in [0.717, 1.165) is 24.3 Å². The van der Waals surface area contributed by atoms with Gasteiger partial charge in [0.2, 0.25) is 11.8 Å². The number of carbonyl (C=O) groups is 2. The standard InChI is InChI=1S/C19H15F6N3O2/c1-28-9-13(10-2-4-11(5-3-10)18(20,21)22)15(17(28)30)16(29)27-14-7-6-12(8-26-14)19(23,24)25/h2-8,13,15H,9H2,1H3,(H,26,27,29)/t13-,15+/m1/s1. The first-order valence-electron chi connectivity index (χ1n) is 8.64. The van der Waals surface area contributed by atoms with Crippen LogP contribution in [0.2, 0.25) is 0 Å². The van der Waals surface area contributed by atoms with Crippen LogP contribution in [0.1, 0.15) is 22.6 Å². The summed E-state index contributed by atoms with van der Waals surface area (Å²) in [6, 6.07) is 5.83. The molecule has 1 aliphatic heterocycles. The van der Waals surface area contributed by atoms with E-state index in [4.69, 9.17) is 0 Å². The van der Waals surface area contributed by atoms with Crippen LogP contribution in [0.3, 0.4) is 0 Å². The summed E-state index contributed by atoms with van der Waals surface area (Å²) in [6.07, 6.45) is -8.56. The summed E-state index contributed by atoms with van der Waals surface area (Å²) in [5.74, 6) is -3.51. The number of likely N-dealkylation sites (N-methyl/N-ethyl adjacent to an activating group) is 1. The molecule has 2 heterocycles. The largest absolute Gasteiger partial charge is 0.417 e. The summed E-state index contributed by atoms with van der Waals surface area (Å²) in [5.41, 5.74) is -1.50. The number of rotatable bonds is 3. The minimum Gasteiger partial charge on any atom is -0.344 e. The molecule has 0 saturated carbocycles. The van der Waals surface area contributed by atoms with E-state index in [-0.39, 0.29) is 12.4 Å². The van der Waals surface area contributed by atoms with Crippen molar-refractivity contribution in [3.05, 3.63) is 59.3 Å². The number of amides is 2. The van der Waals surface area contributed by atoms with E-state index in [1.54, 1.807) is 0 Å². The van der Waals surface area contributed by atoms with Crippen LogP contribution in [0.4, 0.5) is 32.2 Å². The molecule has 0 bridgehead atoms. The number of anilines is 1. The van der Waals surface area contributed by atoms with Crippen LogP contribution in [-0.2, 0) is 21.9 Å². The van der Waals surface area contributed by atoms with Crippen molar-refractivity contribution in [2.45, 2.75) is 18.3 Å². The molecule has 2 aromatic rings. The zero-order chi connectivity index (χ0) is 22.3. The average Bonchev–Trinajstić information content (AvgIpc) is 2.96. The molecular weight excluding hydrogens is 416 g/mol.